The Morgan fingerprint density at radius 3 is 1.89 bits per heavy atom. The Kier molecular flexibility index (Phi) is 26.9. The minimum Gasteiger partial charge on any atom is -0.467 e. The van der Waals surface area contributed by atoms with E-state index in [1.807, 2.05) is 0 Å². The molecule has 5 rings (SSSR count). The number of aliphatic hydroxyl groups excluding tert-OH is 11. The molecule has 3 aliphatic heterocycles. The van der Waals surface area contributed by atoms with Crippen molar-refractivity contribution in [3.05, 3.63) is 36.0 Å². The predicted molar refractivity (Wildman–Crippen MR) is 286 cm³/mol. The van der Waals surface area contributed by atoms with Crippen LogP contribution in [-0.2, 0) is 73.2 Å². The van der Waals surface area contributed by atoms with Gasteiger partial charge in [0.1, 0.15) is 104 Å². The zero-order valence-corrected chi connectivity index (χ0v) is 46.6. The molecule has 5 amide bonds. The number of carbonyl (C=O) groups is 6. The molecule has 21 N–H and O–H groups in total. The first-order valence-corrected chi connectivity index (χ1v) is 26.7. The molecule has 0 radical (unpaired) electrons. The van der Waals surface area contributed by atoms with Gasteiger partial charge >= 0.3 is 5.97 Å². The number of H-pyrrole nitrogens is 1. The molecule has 0 aliphatic carbocycles. The molecular weight excluding hydrogens is 1140 g/mol. The van der Waals surface area contributed by atoms with Crippen molar-refractivity contribution in [1.29, 1.82) is 0 Å². The van der Waals surface area contributed by atoms with Gasteiger partial charge in [0.25, 0.3) is 5.91 Å². The zero-order chi connectivity index (χ0) is 62.8. The van der Waals surface area contributed by atoms with Gasteiger partial charge in [0, 0.05) is 50.8 Å². The van der Waals surface area contributed by atoms with Crippen molar-refractivity contribution >= 4 is 58.6 Å². The molecular formula is C50H78N10O25. The number of ether oxygens (including phenoxy) is 7. The number of oxime groups is 1. The van der Waals surface area contributed by atoms with Gasteiger partial charge in [0.05, 0.1) is 45.8 Å². The summed E-state index contributed by atoms with van der Waals surface area (Å²) in [5, 5.41) is 135. The minimum absolute atomic E-state index is 0.0494. The molecule has 21 atom stereocenters. The first kappa shape index (κ1) is 69.4. The number of para-hydroxylation sites is 1. The van der Waals surface area contributed by atoms with Crippen LogP contribution in [0, 0.1) is 0 Å². The summed E-state index contributed by atoms with van der Waals surface area (Å²) in [5.41, 5.74) is 12.1. The average Bonchev–Trinajstić information content (AvgIpc) is 1.97. The molecule has 85 heavy (non-hydrogen) atoms. The molecule has 1 aromatic carbocycles. The van der Waals surface area contributed by atoms with E-state index in [4.69, 9.17) is 49.5 Å². The zero-order valence-electron chi connectivity index (χ0n) is 46.6. The van der Waals surface area contributed by atoms with Crippen molar-refractivity contribution < 1.29 is 123 Å². The number of nitrogens with zero attached hydrogens (tertiary/aromatic N) is 2. The van der Waals surface area contributed by atoms with Crippen LogP contribution in [0.4, 0.5) is 0 Å². The normalized spacial score (nSPS) is 29.9. The second kappa shape index (κ2) is 33.0. The largest absolute Gasteiger partial charge is 0.467 e. The number of aliphatic hydroxyl groups is 11. The fourth-order valence-corrected chi connectivity index (χ4v) is 9.61. The third-order valence-electron chi connectivity index (χ3n) is 13.8. The van der Waals surface area contributed by atoms with E-state index < -0.39 is 197 Å². The van der Waals surface area contributed by atoms with Gasteiger partial charge in [0.2, 0.25) is 23.6 Å². The molecule has 3 saturated heterocycles. The predicted octanol–water partition coefficient (Wildman–Crippen LogP) is -9.75. The average molecular weight is 1220 g/mol. The molecule has 0 bridgehead atoms. The number of aliphatic imine (C=N–C) groups is 1. The minimum atomic E-state index is -2.16. The topological polar surface area (TPSA) is 551 Å². The van der Waals surface area contributed by atoms with Crippen molar-refractivity contribution in [1.82, 2.24) is 31.6 Å². The lowest BCUT2D eigenvalue weighted by Gasteiger charge is -2.50. The number of fused-ring (bicyclic) bond motifs is 1. The molecule has 35 heteroatoms. The van der Waals surface area contributed by atoms with E-state index in [2.05, 4.69) is 41.7 Å². The third-order valence-corrected chi connectivity index (χ3v) is 13.8. The highest BCUT2D eigenvalue weighted by atomic mass is 16.8. The summed E-state index contributed by atoms with van der Waals surface area (Å²) >= 11 is 0. The number of aromatic amines is 1. The second-order valence-corrected chi connectivity index (χ2v) is 20.1. The third kappa shape index (κ3) is 18.8. The molecule has 1 aromatic heterocycles. The van der Waals surface area contributed by atoms with E-state index in [-0.39, 0.29) is 31.8 Å². The van der Waals surface area contributed by atoms with Gasteiger partial charge < -0.3 is 137 Å². The lowest BCUT2D eigenvalue weighted by molar-refractivity contribution is -0.364. The van der Waals surface area contributed by atoms with Crippen LogP contribution in [0.1, 0.15) is 39.2 Å². The Labute approximate surface area is 484 Å². The Hall–Kier alpha value is -6.36. The van der Waals surface area contributed by atoms with Crippen molar-refractivity contribution in [3.8, 4) is 0 Å². The highest BCUT2D eigenvalue weighted by Gasteiger charge is 2.55. The monoisotopic (exact) mass is 1220 g/mol. The van der Waals surface area contributed by atoms with Gasteiger partial charge in [-0.15, -0.1) is 0 Å². The van der Waals surface area contributed by atoms with Gasteiger partial charge in [-0.1, -0.05) is 23.4 Å². The molecule has 4 heterocycles. The number of esters is 1. The van der Waals surface area contributed by atoms with Gasteiger partial charge in [-0.25, -0.2) is 4.79 Å². The number of hydrogen-bond acceptors (Lipinski definition) is 27. The highest BCUT2D eigenvalue weighted by Crippen LogP contribution is 2.34. The highest BCUT2D eigenvalue weighted by molar-refractivity contribution is 5.92. The van der Waals surface area contributed by atoms with E-state index in [1.165, 1.54) is 0 Å². The summed E-state index contributed by atoms with van der Waals surface area (Å²) < 4.78 is 39.9. The van der Waals surface area contributed by atoms with Gasteiger partial charge in [0.15, 0.2) is 31.4 Å². The second-order valence-electron chi connectivity index (χ2n) is 20.1. The maximum absolute atomic E-state index is 13.9. The summed E-state index contributed by atoms with van der Waals surface area (Å²) in [4.78, 5) is 90.0. The number of nitrogens with two attached hydrogens (primary N) is 2. The molecule has 0 unspecified atom stereocenters. The first-order valence-electron chi connectivity index (χ1n) is 26.7. The smallest absolute Gasteiger partial charge is 0.328 e. The number of guanidine groups is 1. The summed E-state index contributed by atoms with van der Waals surface area (Å²) in [6.07, 6.45) is -27.6. The number of amides is 5. The van der Waals surface area contributed by atoms with Crippen LogP contribution in [0.3, 0.4) is 0 Å². The number of methoxy groups -OCH3 is 1. The lowest BCUT2D eigenvalue weighted by atomic mass is 9.93. The molecule has 2 aromatic rings. The Morgan fingerprint density at radius 1 is 0.729 bits per heavy atom. The van der Waals surface area contributed by atoms with Gasteiger partial charge in [-0.2, -0.15) is 0 Å². The Balaban J connectivity index is 1.33. The standard InChI is InChI=1S/C50H78N10O25/c1-20(65)56-28(14-55-79-19-33(69)59-27(12-23-13-54-25-9-6-5-8-24(23)25)45(76)60-26(46(77)78-4)10-7-11-53-50(51)52)36(70)42(29(68)15-61)83-47-34(57-21(2)66)38(72)43(31(17-63)81-47)84-48-35(58-22(3)67)39(73)44(32(18-64)82-48)85-49-41(75)40(74)37(71)30(16-62)80-49/h5-6,8-9,13-14,26-32,34-44,47-49,54,61-64,68,70-75H,7,10-12,15-19H2,1-4H3,(H,56,65)(H,57,66)(H,58,67)(H,59,69)(H,60,76)(H4,51,52,53)/b55-14+/t26-,27-,28-,29+,30+,31+,32+,34+,35+,36+,37-,38+,39+,40-,41+,42+,43+,44+,47-,48-,49-/m0/s1. The Morgan fingerprint density at radius 2 is 1.32 bits per heavy atom. The molecule has 35 nitrogen and oxygen atoms in total. The van der Waals surface area contributed by atoms with Crippen LogP contribution in [0.2, 0.25) is 0 Å². The summed E-state index contributed by atoms with van der Waals surface area (Å²) in [6.45, 7) is -1.75. The molecule has 478 valence electrons. The van der Waals surface area contributed by atoms with E-state index >= 15 is 0 Å². The summed E-state index contributed by atoms with van der Waals surface area (Å²) in [6, 6.07) is -0.620. The molecule has 3 aliphatic rings. The van der Waals surface area contributed by atoms with Crippen LogP contribution in [-0.4, -0.2) is 284 Å². The maximum atomic E-state index is 13.9. The molecule has 0 spiro atoms. The van der Waals surface area contributed by atoms with Crippen LogP contribution < -0.4 is 38.1 Å². The number of rotatable bonds is 30. The quantitative estimate of drug-likeness (QED) is 0.0114. The fourth-order valence-electron chi connectivity index (χ4n) is 9.61. The lowest BCUT2D eigenvalue weighted by Crippen LogP contribution is -2.70. The first-order chi connectivity index (χ1) is 40.4. The van der Waals surface area contributed by atoms with Crippen LogP contribution in [0.25, 0.3) is 10.9 Å². The van der Waals surface area contributed by atoms with Crippen LogP contribution in [0.15, 0.2) is 40.6 Å². The summed E-state index contributed by atoms with van der Waals surface area (Å²) in [7, 11) is 1.12. The van der Waals surface area contributed by atoms with Crippen molar-refractivity contribution in [2.45, 2.75) is 168 Å². The van der Waals surface area contributed by atoms with Crippen LogP contribution in [0.5, 0.6) is 0 Å². The number of nitrogens with one attached hydrogen (secondary N) is 6. The van der Waals surface area contributed by atoms with Crippen molar-refractivity contribution in [2.75, 3.05) is 46.7 Å². The van der Waals surface area contributed by atoms with E-state index in [0.717, 1.165) is 45.0 Å². The van der Waals surface area contributed by atoms with E-state index in [1.54, 1.807) is 30.5 Å². The van der Waals surface area contributed by atoms with E-state index in [9.17, 15) is 84.9 Å². The van der Waals surface area contributed by atoms with Crippen molar-refractivity contribution in [3.63, 3.8) is 0 Å². The van der Waals surface area contributed by atoms with E-state index in [0.29, 0.717) is 5.56 Å². The number of benzene rings is 1. The van der Waals surface area contributed by atoms with Gasteiger partial charge in [-0.05, 0) is 24.5 Å². The summed E-state index contributed by atoms with van der Waals surface area (Å²) in [5.74, 6) is -5.18. The molecule has 0 saturated carbocycles. The number of aromatic nitrogens is 1. The number of hydrogen-bond donors (Lipinski definition) is 19. The Bertz CT molecular complexity index is 2560. The van der Waals surface area contributed by atoms with Gasteiger partial charge in [-0.3, -0.25) is 29.0 Å². The SMILES string of the molecule is COC(=O)[C@H](CCCN=C(N)N)NC(=O)[C@H](Cc1c[nH]c2ccccc12)NC(=O)CO/N=C/[C@H](NC(C)=O)[C@@H](O)[C@H](O[C@@H]1O[C@H](CO)[C@@H](O[C@@H]2O[C@H](CO)[C@@H](O[C@@H]3O[C@H](CO)[C@H](O)[C@H](O)[C@H]3O)[C@H](O)[C@H]2NC(C)=O)[C@H](O)[C@H]1NC(C)=O)[C@H](O)CO. The van der Waals surface area contributed by atoms with Crippen molar-refractivity contribution in [2.24, 2.45) is 21.6 Å². The number of carbonyl (C=O) groups excluding carboxylic acids is 6. The van der Waals surface area contributed by atoms with Crippen LogP contribution >= 0.6 is 0 Å². The maximum Gasteiger partial charge on any atom is 0.328 e. The fraction of sp³-hybridized carbons (Fsp3) is 0.680. The molecule has 3 fully saturated rings.